The molecular formula is C18H18N8O. The molecule has 0 saturated carbocycles. The Bertz CT molecular complexity index is 1080. The second-order valence-electron chi connectivity index (χ2n) is 6.28. The Morgan fingerprint density at radius 1 is 1.11 bits per heavy atom. The molecule has 4 rings (SSSR count). The first-order chi connectivity index (χ1) is 13.1. The molecule has 3 heterocycles. The van der Waals surface area contributed by atoms with Crippen LogP contribution in [0.2, 0.25) is 0 Å². The molecule has 0 aliphatic rings. The van der Waals surface area contributed by atoms with E-state index in [4.69, 9.17) is 0 Å². The summed E-state index contributed by atoms with van der Waals surface area (Å²) in [6, 6.07) is 9.84. The molecular weight excluding hydrogens is 344 g/mol. The van der Waals surface area contributed by atoms with Crippen LogP contribution < -0.4 is 5.32 Å². The van der Waals surface area contributed by atoms with Gasteiger partial charge in [-0.1, -0.05) is 24.3 Å². The van der Waals surface area contributed by atoms with Gasteiger partial charge in [0.2, 0.25) is 5.82 Å². The first kappa shape index (κ1) is 16.8. The molecule has 0 aliphatic heterocycles. The summed E-state index contributed by atoms with van der Waals surface area (Å²) in [6.45, 7) is 4.83. The van der Waals surface area contributed by atoms with E-state index in [0.29, 0.717) is 18.9 Å². The zero-order valence-electron chi connectivity index (χ0n) is 15.0. The highest BCUT2D eigenvalue weighted by atomic mass is 16.2. The summed E-state index contributed by atoms with van der Waals surface area (Å²) in [6.07, 6.45) is 3.18. The second-order valence-corrected chi connectivity index (χ2v) is 6.28. The first-order valence-electron chi connectivity index (χ1n) is 8.48. The lowest BCUT2D eigenvalue weighted by Gasteiger charge is -2.05. The molecule has 1 aromatic carbocycles. The predicted octanol–water partition coefficient (Wildman–Crippen LogP) is 1.31. The number of hydrogen-bond donors (Lipinski definition) is 1. The average molecular weight is 362 g/mol. The number of aromatic nitrogens is 7. The van der Waals surface area contributed by atoms with Crippen LogP contribution >= 0.6 is 0 Å². The fraction of sp³-hybridized carbons (Fsp3) is 0.222. The second kappa shape index (κ2) is 6.94. The summed E-state index contributed by atoms with van der Waals surface area (Å²) in [7, 11) is 0. The predicted molar refractivity (Wildman–Crippen MR) is 97.0 cm³/mol. The number of aryl methyl sites for hydroxylation is 2. The molecule has 9 nitrogen and oxygen atoms in total. The van der Waals surface area contributed by atoms with Gasteiger partial charge in [-0.15, -0.1) is 5.10 Å². The molecule has 3 aromatic heterocycles. The summed E-state index contributed by atoms with van der Waals surface area (Å²) in [4.78, 5) is 24.8. The largest absolute Gasteiger partial charge is 0.345 e. The number of nitrogens with zero attached hydrogens (tertiary/aromatic N) is 7. The van der Waals surface area contributed by atoms with E-state index in [9.17, 15) is 4.79 Å². The SMILES string of the molecule is Cc1cc(C)n2nc(C(=O)NCc3ccc(Cn4cncn4)cc3)nc2n1. The van der Waals surface area contributed by atoms with Gasteiger partial charge in [0.15, 0.2) is 0 Å². The summed E-state index contributed by atoms with van der Waals surface area (Å²) >= 11 is 0. The maximum atomic E-state index is 12.4. The van der Waals surface area contributed by atoms with Gasteiger partial charge in [0.05, 0.1) is 6.54 Å². The van der Waals surface area contributed by atoms with Crippen LogP contribution in [0, 0.1) is 13.8 Å². The maximum absolute atomic E-state index is 12.4. The minimum Gasteiger partial charge on any atom is -0.345 e. The smallest absolute Gasteiger partial charge is 0.291 e. The zero-order valence-corrected chi connectivity index (χ0v) is 15.0. The highest BCUT2D eigenvalue weighted by Gasteiger charge is 2.14. The van der Waals surface area contributed by atoms with Crippen molar-refractivity contribution in [1.29, 1.82) is 0 Å². The maximum Gasteiger partial charge on any atom is 0.291 e. The van der Waals surface area contributed by atoms with E-state index in [2.05, 4.69) is 30.5 Å². The van der Waals surface area contributed by atoms with Crippen molar-refractivity contribution in [2.75, 3.05) is 0 Å². The quantitative estimate of drug-likeness (QED) is 0.574. The van der Waals surface area contributed by atoms with Crippen LogP contribution in [0.15, 0.2) is 43.0 Å². The van der Waals surface area contributed by atoms with E-state index in [-0.39, 0.29) is 11.7 Å². The third-order valence-corrected chi connectivity index (χ3v) is 4.11. The van der Waals surface area contributed by atoms with Crippen LogP contribution in [-0.2, 0) is 13.1 Å². The van der Waals surface area contributed by atoms with Crippen LogP contribution in [-0.4, -0.2) is 40.3 Å². The van der Waals surface area contributed by atoms with Gasteiger partial charge in [0, 0.05) is 17.9 Å². The summed E-state index contributed by atoms with van der Waals surface area (Å²) in [5, 5.41) is 11.2. The minimum absolute atomic E-state index is 0.110. The van der Waals surface area contributed by atoms with Crippen molar-refractivity contribution in [2.24, 2.45) is 0 Å². The molecule has 0 fully saturated rings. The molecule has 27 heavy (non-hydrogen) atoms. The van der Waals surface area contributed by atoms with Crippen molar-refractivity contribution in [3.05, 3.63) is 71.3 Å². The Morgan fingerprint density at radius 2 is 1.89 bits per heavy atom. The van der Waals surface area contributed by atoms with E-state index in [0.717, 1.165) is 22.5 Å². The Kier molecular flexibility index (Phi) is 4.33. The normalized spacial score (nSPS) is 11.0. The molecule has 0 bridgehead atoms. The number of carbonyl (C=O) groups is 1. The number of fused-ring (bicyclic) bond motifs is 1. The monoisotopic (exact) mass is 362 g/mol. The van der Waals surface area contributed by atoms with Crippen LogP contribution in [0.1, 0.15) is 33.1 Å². The van der Waals surface area contributed by atoms with E-state index in [1.165, 1.54) is 6.33 Å². The van der Waals surface area contributed by atoms with Crippen molar-refractivity contribution in [1.82, 2.24) is 39.7 Å². The molecule has 0 radical (unpaired) electrons. The highest BCUT2D eigenvalue weighted by Crippen LogP contribution is 2.07. The van der Waals surface area contributed by atoms with Gasteiger partial charge in [-0.25, -0.2) is 19.2 Å². The fourth-order valence-electron chi connectivity index (χ4n) is 2.79. The molecule has 9 heteroatoms. The summed E-state index contributed by atoms with van der Waals surface area (Å²) in [5.74, 6) is 0.207. The molecule has 4 aromatic rings. The standard InChI is InChI=1S/C18H18N8O/c1-12-7-13(2)26-18(22-12)23-16(24-26)17(27)20-8-14-3-5-15(6-4-14)9-25-11-19-10-21-25/h3-7,10-11H,8-9H2,1-2H3,(H,20,27). The van der Waals surface area contributed by atoms with E-state index < -0.39 is 0 Å². The molecule has 0 unspecified atom stereocenters. The number of rotatable bonds is 5. The van der Waals surface area contributed by atoms with Gasteiger partial charge >= 0.3 is 0 Å². The minimum atomic E-state index is -0.329. The molecule has 136 valence electrons. The lowest BCUT2D eigenvalue weighted by atomic mass is 10.1. The van der Waals surface area contributed by atoms with Crippen molar-refractivity contribution < 1.29 is 4.79 Å². The summed E-state index contributed by atoms with van der Waals surface area (Å²) in [5.41, 5.74) is 3.81. The Hall–Kier alpha value is -3.62. The van der Waals surface area contributed by atoms with E-state index in [1.54, 1.807) is 15.5 Å². The van der Waals surface area contributed by atoms with Crippen molar-refractivity contribution >= 4 is 11.7 Å². The molecule has 0 spiro atoms. The first-order valence-corrected chi connectivity index (χ1v) is 8.48. The highest BCUT2D eigenvalue weighted by molar-refractivity contribution is 5.90. The number of nitrogens with one attached hydrogen (secondary N) is 1. The van der Waals surface area contributed by atoms with Crippen LogP contribution in [0.3, 0.4) is 0 Å². The van der Waals surface area contributed by atoms with Gasteiger partial charge in [-0.3, -0.25) is 4.79 Å². The third-order valence-electron chi connectivity index (χ3n) is 4.11. The lowest BCUT2D eigenvalue weighted by Crippen LogP contribution is -2.24. The van der Waals surface area contributed by atoms with Crippen molar-refractivity contribution in [3.63, 3.8) is 0 Å². The summed E-state index contributed by atoms with van der Waals surface area (Å²) < 4.78 is 3.32. The zero-order chi connectivity index (χ0) is 18.8. The Morgan fingerprint density at radius 3 is 2.63 bits per heavy atom. The fourth-order valence-corrected chi connectivity index (χ4v) is 2.79. The van der Waals surface area contributed by atoms with Crippen molar-refractivity contribution in [2.45, 2.75) is 26.9 Å². The van der Waals surface area contributed by atoms with Crippen LogP contribution in [0.25, 0.3) is 5.78 Å². The third kappa shape index (κ3) is 3.66. The molecule has 1 amide bonds. The lowest BCUT2D eigenvalue weighted by molar-refractivity contribution is 0.0940. The van der Waals surface area contributed by atoms with Crippen LogP contribution in [0.4, 0.5) is 0 Å². The number of hydrogen-bond acceptors (Lipinski definition) is 6. The van der Waals surface area contributed by atoms with E-state index in [1.807, 2.05) is 44.2 Å². The Labute approximate surface area is 155 Å². The van der Waals surface area contributed by atoms with Gasteiger partial charge in [0.1, 0.15) is 12.7 Å². The van der Waals surface area contributed by atoms with Gasteiger partial charge in [0.25, 0.3) is 11.7 Å². The topological polar surface area (TPSA) is 103 Å². The molecule has 0 atom stereocenters. The number of amides is 1. The average Bonchev–Trinajstić information content (AvgIpc) is 3.30. The van der Waals surface area contributed by atoms with Gasteiger partial charge in [-0.05, 0) is 31.0 Å². The van der Waals surface area contributed by atoms with Gasteiger partial charge in [-0.2, -0.15) is 10.1 Å². The Balaban J connectivity index is 1.41. The van der Waals surface area contributed by atoms with Crippen LogP contribution in [0.5, 0.6) is 0 Å². The van der Waals surface area contributed by atoms with Crippen molar-refractivity contribution in [3.8, 4) is 0 Å². The molecule has 0 aliphatic carbocycles. The molecule has 1 N–H and O–H groups in total. The number of carbonyl (C=O) groups excluding carboxylic acids is 1. The van der Waals surface area contributed by atoms with E-state index >= 15 is 0 Å². The van der Waals surface area contributed by atoms with Gasteiger partial charge < -0.3 is 5.32 Å². The molecule has 0 saturated heterocycles. The number of benzene rings is 1.